The molecule has 0 bridgehead atoms. The number of benzene rings is 2. The molecule has 0 saturated heterocycles. The van der Waals surface area contributed by atoms with Gasteiger partial charge < -0.3 is 14.8 Å². The van der Waals surface area contributed by atoms with E-state index in [-0.39, 0.29) is 0 Å². The average Bonchev–Trinajstić information content (AvgIpc) is 2.61. The van der Waals surface area contributed by atoms with Crippen LogP contribution in [0.2, 0.25) is 5.02 Å². The molecule has 0 saturated carbocycles. The van der Waals surface area contributed by atoms with Crippen molar-refractivity contribution in [2.24, 2.45) is 0 Å². The number of hydrogen-bond donors (Lipinski definition) is 1. The maximum absolute atomic E-state index is 13.5. The number of nitrogens with one attached hydrogen (secondary N) is 1. The van der Waals surface area contributed by atoms with Gasteiger partial charge in [0.25, 0.3) is 0 Å². The Labute approximate surface area is 155 Å². The Bertz CT molecular complexity index is 804. The highest BCUT2D eigenvalue weighted by molar-refractivity contribution is 6.32. The van der Waals surface area contributed by atoms with Crippen LogP contribution in [-0.2, 0) is 4.79 Å². The van der Waals surface area contributed by atoms with E-state index in [0.29, 0.717) is 28.7 Å². The fraction of sp³-hybridized carbons (Fsp3) is 0.211. The number of ether oxygens (including phenoxy) is 2. The first-order chi connectivity index (χ1) is 12.5. The largest absolute Gasteiger partial charge is 0.493 e. The molecule has 0 aliphatic heterocycles. The van der Waals surface area contributed by atoms with Crippen LogP contribution in [0.5, 0.6) is 11.5 Å². The zero-order valence-electron chi connectivity index (χ0n) is 14.3. The Kier molecular flexibility index (Phi) is 6.97. The van der Waals surface area contributed by atoms with Crippen molar-refractivity contribution in [2.45, 2.75) is 13.3 Å². The number of para-hydroxylation sites is 1. The Morgan fingerprint density at radius 3 is 2.58 bits per heavy atom. The molecule has 0 atom stereocenters. The van der Waals surface area contributed by atoms with Gasteiger partial charge in [-0.1, -0.05) is 24.6 Å². The molecule has 0 spiro atoms. The highest BCUT2D eigenvalue weighted by atomic mass is 35.5. The van der Waals surface area contributed by atoms with Crippen LogP contribution >= 0.6 is 11.6 Å². The van der Waals surface area contributed by atoms with E-state index in [4.69, 9.17) is 21.1 Å². The van der Waals surface area contributed by atoms with Gasteiger partial charge in [-0.05, 0) is 42.3 Å². The fourth-order valence-electron chi connectivity index (χ4n) is 2.13. The van der Waals surface area contributed by atoms with Crippen molar-refractivity contribution >= 4 is 29.3 Å². The van der Waals surface area contributed by atoms with Crippen molar-refractivity contribution in [2.75, 3.05) is 19.0 Å². The first-order valence-corrected chi connectivity index (χ1v) is 8.27. The van der Waals surface area contributed by atoms with Crippen LogP contribution in [0.25, 0.3) is 6.08 Å². The van der Waals surface area contributed by atoms with Crippen molar-refractivity contribution in [1.82, 2.24) is 0 Å². The van der Waals surface area contributed by atoms with Crippen molar-refractivity contribution in [3.63, 3.8) is 0 Å². The summed E-state index contributed by atoms with van der Waals surface area (Å²) >= 11 is 6.20. The highest BCUT2D eigenvalue weighted by Crippen LogP contribution is 2.36. The molecule has 2 rings (SSSR count). The first kappa shape index (κ1) is 19.7. The molecule has 1 amide bonds. The van der Waals surface area contributed by atoms with Gasteiger partial charge in [-0.15, -0.1) is 0 Å². The summed E-state index contributed by atoms with van der Waals surface area (Å²) in [6, 6.07) is 6.57. The minimum atomic E-state index is -0.853. The molecule has 7 heteroatoms. The maximum atomic E-state index is 13.5. The monoisotopic (exact) mass is 381 g/mol. The van der Waals surface area contributed by atoms with Gasteiger partial charge in [0.1, 0.15) is 17.3 Å². The Balaban J connectivity index is 2.16. The number of anilines is 1. The number of carbonyl (C=O) groups excluding carboxylic acids is 1. The number of hydrogen-bond acceptors (Lipinski definition) is 3. The molecular weight excluding hydrogens is 364 g/mol. The lowest BCUT2D eigenvalue weighted by atomic mass is 10.2. The summed E-state index contributed by atoms with van der Waals surface area (Å²) in [6.07, 6.45) is 3.41. The van der Waals surface area contributed by atoms with Gasteiger partial charge in [-0.2, -0.15) is 0 Å². The second-order valence-corrected chi connectivity index (χ2v) is 5.71. The normalized spacial score (nSPS) is 10.8. The summed E-state index contributed by atoms with van der Waals surface area (Å²) in [7, 11) is 1.48. The average molecular weight is 382 g/mol. The minimum absolute atomic E-state index is 0.331. The lowest BCUT2D eigenvalue weighted by Crippen LogP contribution is -2.10. The van der Waals surface area contributed by atoms with E-state index in [1.54, 1.807) is 12.1 Å². The summed E-state index contributed by atoms with van der Waals surface area (Å²) in [6.45, 7) is 2.45. The predicted octanol–water partition coefficient (Wildman–Crippen LogP) is 5.07. The zero-order valence-corrected chi connectivity index (χ0v) is 15.1. The standard InChI is InChI=1S/C19H18ClF2NO3/c1-3-9-26-19-13(20)10-12(11-16(19)25-2)7-8-17(24)23-18-14(21)5-4-6-15(18)22/h4-8,10-11H,3,9H2,1-2H3,(H,23,24)/b8-7+. The number of rotatable bonds is 7. The van der Waals surface area contributed by atoms with Crippen LogP contribution in [0, 0.1) is 11.6 Å². The van der Waals surface area contributed by atoms with Crippen LogP contribution in [0.1, 0.15) is 18.9 Å². The van der Waals surface area contributed by atoms with E-state index in [9.17, 15) is 13.6 Å². The molecule has 0 heterocycles. The van der Waals surface area contributed by atoms with E-state index in [1.807, 2.05) is 6.92 Å². The predicted molar refractivity (Wildman–Crippen MR) is 97.8 cm³/mol. The molecule has 26 heavy (non-hydrogen) atoms. The van der Waals surface area contributed by atoms with Crippen LogP contribution in [0.4, 0.5) is 14.5 Å². The summed E-state index contributed by atoms with van der Waals surface area (Å²) in [5.74, 6) is -1.55. The van der Waals surface area contributed by atoms with Gasteiger partial charge in [0, 0.05) is 6.08 Å². The second kappa shape index (κ2) is 9.20. The SMILES string of the molecule is CCCOc1c(Cl)cc(/C=C/C(=O)Nc2c(F)cccc2F)cc1OC. The van der Waals surface area contributed by atoms with Crippen molar-refractivity contribution in [3.8, 4) is 11.5 Å². The molecule has 0 aliphatic rings. The Morgan fingerprint density at radius 2 is 1.96 bits per heavy atom. The maximum Gasteiger partial charge on any atom is 0.248 e. The summed E-state index contributed by atoms with van der Waals surface area (Å²) in [5, 5.41) is 2.50. The van der Waals surface area contributed by atoms with Gasteiger partial charge in [0.05, 0.1) is 18.7 Å². The molecule has 2 aromatic carbocycles. The second-order valence-electron chi connectivity index (χ2n) is 5.30. The molecule has 0 fully saturated rings. The molecule has 1 N–H and O–H groups in total. The quantitative estimate of drug-likeness (QED) is 0.681. The Hall–Kier alpha value is -2.60. The third-order valence-electron chi connectivity index (χ3n) is 3.34. The number of methoxy groups -OCH3 is 1. The van der Waals surface area contributed by atoms with Crippen molar-refractivity contribution in [1.29, 1.82) is 0 Å². The van der Waals surface area contributed by atoms with Crippen LogP contribution in [0.15, 0.2) is 36.4 Å². The molecule has 0 aliphatic carbocycles. The number of amides is 1. The first-order valence-electron chi connectivity index (χ1n) is 7.89. The molecule has 0 radical (unpaired) electrons. The fourth-order valence-corrected chi connectivity index (χ4v) is 2.41. The Morgan fingerprint density at radius 1 is 1.27 bits per heavy atom. The smallest absolute Gasteiger partial charge is 0.248 e. The zero-order chi connectivity index (χ0) is 19.1. The van der Waals surface area contributed by atoms with E-state index in [2.05, 4.69) is 5.32 Å². The molecular formula is C19H18ClF2NO3. The number of halogens is 3. The van der Waals surface area contributed by atoms with Crippen LogP contribution in [0.3, 0.4) is 0 Å². The molecule has 0 aromatic heterocycles. The minimum Gasteiger partial charge on any atom is -0.493 e. The highest BCUT2D eigenvalue weighted by Gasteiger charge is 2.12. The van der Waals surface area contributed by atoms with Gasteiger partial charge in [-0.25, -0.2) is 8.78 Å². The molecule has 0 unspecified atom stereocenters. The van der Waals surface area contributed by atoms with Crippen LogP contribution < -0.4 is 14.8 Å². The number of carbonyl (C=O) groups is 1. The van der Waals surface area contributed by atoms with Crippen LogP contribution in [-0.4, -0.2) is 19.6 Å². The third kappa shape index (κ3) is 4.95. The van der Waals surface area contributed by atoms with Gasteiger partial charge in [-0.3, -0.25) is 4.79 Å². The van der Waals surface area contributed by atoms with E-state index < -0.39 is 23.2 Å². The van der Waals surface area contributed by atoms with Crippen molar-refractivity contribution < 1.29 is 23.0 Å². The lowest BCUT2D eigenvalue weighted by Gasteiger charge is -2.12. The van der Waals surface area contributed by atoms with E-state index in [0.717, 1.165) is 24.6 Å². The van der Waals surface area contributed by atoms with Gasteiger partial charge in [0.2, 0.25) is 5.91 Å². The summed E-state index contributed by atoms with van der Waals surface area (Å²) in [4.78, 5) is 11.9. The lowest BCUT2D eigenvalue weighted by molar-refractivity contribution is -0.111. The van der Waals surface area contributed by atoms with Gasteiger partial charge >= 0.3 is 0 Å². The van der Waals surface area contributed by atoms with Crippen molar-refractivity contribution in [3.05, 3.63) is 58.6 Å². The third-order valence-corrected chi connectivity index (χ3v) is 3.62. The summed E-state index contributed by atoms with van der Waals surface area (Å²) < 4.78 is 37.9. The topological polar surface area (TPSA) is 47.6 Å². The summed E-state index contributed by atoms with van der Waals surface area (Å²) in [5.41, 5.74) is 0.0703. The molecule has 4 nitrogen and oxygen atoms in total. The van der Waals surface area contributed by atoms with E-state index in [1.165, 1.54) is 19.3 Å². The van der Waals surface area contributed by atoms with Gasteiger partial charge in [0.15, 0.2) is 11.5 Å². The molecule has 138 valence electrons. The van der Waals surface area contributed by atoms with E-state index >= 15 is 0 Å². The molecule has 2 aromatic rings.